The first kappa shape index (κ1) is 20.1. The Morgan fingerprint density at radius 3 is 2.10 bits per heavy atom. The molecule has 0 bridgehead atoms. The van der Waals surface area contributed by atoms with Crippen molar-refractivity contribution in [1.29, 1.82) is 0 Å². The Morgan fingerprint density at radius 2 is 1.48 bits per heavy atom. The molecule has 1 radical (unpaired) electrons. The summed E-state index contributed by atoms with van der Waals surface area (Å²) in [5, 5.41) is 13.8. The van der Waals surface area contributed by atoms with E-state index in [1.54, 1.807) is 18.2 Å². The van der Waals surface area contributed by atoms with Crippen LogP contribution in [0, 0.1) is 17.6 Å². The van der Waals surface area contributed by atoms with E-state index in [4.69, 9.17) is 9.47 Å². The molecule has 0 saturated carbocycles. The van der Waals surface area contributed by atoms with Gasteiger partial charge in [0.15, 0.2) is 0 Å². The number of nitrogens with one attached hydrogen (secondary N) is 1. The first-order valence-corrected chi connectivity index (χ1v) is 10.3. The molecule has 29 heavy (non-hydrogen) atoms. The SMILES string of the molecule is C[C@@H](C[NH+]C[C@H](O)[C@H]1CCc2cc(F)ccc2O1)C1CCc2cc(F)ccc2O1. The molecule has 0 spiro atoms. The number of ether oxygens (including phenoxy) is 2. The van der Waals surface area contributed by atoms with Gasteiger partial charge in [-0.25, -0.2) is 8.78 Å². The van der Waals surface area contributed by atoms with Gasteiger partial charge in [0.25, 0.3) is 0 Å². The highest BCUT2D eigenvalue weighted by atomic mass is 19.1. The van der Waals surface area contributed by atoms with Crippen molar-refractivity contribution in [2.75, 3.05) is 13.1 Å². The third-order valence-electron chi connectivity index (χ3n) is 5.88. The van der Waals surface area contributed by atoms with Crippen molar-refractivity contribution in [1.82, 2.24) is 0 Å². The number of hydrogen-bond acceptors (Lipinski definition) is 4. The number of aliphatic hydroxyl groups is 1. The molecule has 4 atom stereocenters. The molecule has 2 aliphatic rings. The molecule has 4 rings (SSSR count). The van der Waals surface area contributed by atoms with E-state index >= 15 is 0 Å². The van der Waals surface area contributed by atoms with Gasteiger partial charge in [0, 0.05) is 5.92 Å². The zero-order chi connectivity index (χ0) is 20.4. The largest absolute Gasteiger partial charge is 0.490 e. The first-order valence-electron chi connectivity index (χ1n) is 10.3. The number of aryl methyl sites for hydroxylation is 2. The van der Waals surface area contributed by atoms with Gasteiger partial charge in [0.2, 0.25) is 0 Å². The Balaban J connectivity index is 1.24. The molecule has 2 heterocycles. The minimum Gasteiger partial charge on any atom is -0.490 e. The molecule has 2 aromatic rings. The van der Waals surface area contributed by atoms with Gasteiger partial charge in [-0.3, -0.25) is 0 Å². The maximum absolute atomic E-state index is 13.3. The summed E-state index contributed by atoms with van der Waals surface area (Å²) in [6.07, 6.45) is 2.13. The lowest BCUT2D eigenvalue weighted by atomic mass is 9.94. The first-order chi connectivity index (χ1) is 14.0. The summed E-state index contributed by atoms with van der Waals surface area (Å²) in [5.74, 6) is 1.17. The van der Waals surface area contributed by atoms with Crippen LogP contribution in [-0.2, 0) is 12.8 Å². The summed E-state index contributed by atoms with van der Waals surface area (Å²) < 4.78 is 38.5. The van der Waals surface area contributed by atoms with Crippen molar-refractivity contribution in [3.8, 4) is 11.5 Å². The van der Waals surface area contributed by atoms with Crippen LogP contribution in [0.2, 0.25) is 0 Å². The van der Waals surface area contributed by atoms with E-state index in [2.05, 4.69) is 12.2 Å². The molecule has 0 aromatic heterocycles. The molecule has 6 heteroatoms. The van der Waals surface area contributed by atoms with Gasteiger partial charge in [-0.1, -0.05) is 6.92 Å². The Morgan fingerprint density at radius 1 is 0.931 bits per heavy atom. The van der Waals surface area contributed by atoms with Crippen LogP contribution >= 0.6 is 0 Å². The summed E-state index contributed by atoms with van der Waals surface area (Å²) in [4.78, 5) is 0. The average Bonchev–Trinajstić information content (AvgIpc) is 2.72. The highest BCUT2D eigenvalue weighted by Gasteiger charge is 2.30. The lowest BCUT2D eigenvalue weighted by Crippen LogP contribution is -2.88. The van der Waals surface area contributed by atoms with Crippen LogP contribution in [0.25, 0.3) is 0 Å². The van der Waals surface area contributed by atoms with Crippen LogP contribution in [0.1, 0.15) is 30.9 Å². The van der Waals surface area contributed by atoms with Crippen LogP contribution in [0.15, 0.2) is 36.4 Å². The van der Waals surface area contributed by atoms with Gasteiger partial charge in [0.05, 0.1) is 0 Å². The van der Waals surface area contributed by atoms with Gasteiger partial charge in [-0.05, 0) is 73.2 Å². The van der Waals surface area contributed by atoms with Crippen molar-refractivity contribution in [3.05, 3.63) is 59.2 Å². The fourth-order valence-corrected chi connectivity index (χ4v) is 4.15. The summed E-state index contributed by atoms with van der Waals surface area (Å²) in [6, 6.07) is 9.17. The van der Waals surface area contributed by atoms with E-state index in [-0.39, 0.29) is 29.8 Å². The van der Waals surface area contributed by atoms with Crippen LogP contribution in [-0.4, -0.2) is 36.5 Å². The number of halogens is 2. The molecule has 0 fully saturated rings. The van der Waals surface area contributed by atoms with Crippen molar-refractivity contribution in [3.63, 3.8) is 0 Å². The van der Waals surface area contributed by atoms with Crippen molar-refractivity contribution >= 4 is 0 Å². The lowest BCUT2D eigenvalue weighted by Gasteiger charge is -2.30. The summed E-state index contributed by atoms with van der Waals surface area (Å²) in [7, 11) is 0. The summed E-state index contributed by atoms with van der Waals surface area (Å²) >= 11 is 0. The van der Waals surface area contributed by atoms with Gasteiger partial charge in [-0.2, -0.15) is 5.32 Å². The Labute approximate surface area is 169 Å². The normalized spacial score (nSPS) is 22.6. The number of benzene rings is 2. The van der Waals surface area contributed by atoms with Crippen LogP contribution in [0.3, 0.4) is 0 Å². The second-order valence-electron chi connectivity index (χ2n) is 8.10. The molecular weight excluding hydrogens is 376 g/mol. The molecule has 1 unspecified atom stereocenters. The average molecular weight is 403 g/mol. The number of aliphatic hydroxyl groups excluding tert-OH is 1. The van der Waals surface area contributed by atoms with E-state index in [0.717, 1.165) is 29.7 Å². The van der Waals surface area contributed by atoms with E-state index < -0.39 is 6.10 Å². The molecule has 0 amide bonds. The number of rotatable bonds is 6. The zero-order valence-corrected chi connectivity index (χ0v) is 16.5. The maximum atomic E-state index is 13.3. The van der Waals surface area contributed by atoms with Gasteiger partial charge >= 0.3 is 0 Å². The number of fused-ring (bicyclic) bond motifs is 2. The second-order valence-corrected chi connectivity index (χ2v) is 8.10. The van der Waals surface area contributed by atoms with Crippen molar-refractivity contribution in [2.45, 2.75) is 50.9 Å². The van der Waals surface area contributed by atoms with Crippen LogP contribution < -0.4 is 14.8 Å². The highest BCUT2D eigenvalue weighted by Crippen LogP contribution is 2.31. The zero-order valence-electron chi connectivity index (χ0n) is 16.5. The lowest BCUT2D eigenvalue weighted by molar-refractivity contribution is -0.668. The second kappa shape index (κ2) is 8.67. The van der Waals surface area contributed by atoms with Crippen molar-refractivity contribution < 1.29 is 28.7 Å². The van der Waals surface area contributed by atoms with E-state index in [9.17, 15) is 13.9 Å². The molecule has 4 nitrogen and oxygen atoms in total. The van der Waals surface area contributed by atoms with E-state index in [1.165, 1.54) is 18.2 Å². The van der Waals surface area contributed by atoms with E-state index in [0.29, 0.717) is 31.7 Å². The Kier molecular flexibility index (Phi) is 6.01. The molecule has 2 N–H and O–H groups in total. The topological polar surface area (TPSA) is 54.3 Å². The predicted molar refractivity (Wildman–Crippen MR) is 104 cm³/mol. The summed E-state index contributed by atoms with van der Waals surface area (Å²) in [6.45, 7) is 3.23. The quantitative estimate of drug-likeness (QED) is 0.779. The molecule has 2 aliphatic heterocycles. The van der Waals surface area contributed by atoms with Gasteiger partial charge in [-0.15, -0.1) is 0 Å². The third-order valence-corrected chi connectivity index (χ3v) is 5.88. The minimum atomic E-state index is -0.642. The highest BCUT2D eigenvalue weighted by molar-refractivity contribution is 5.36. The van der Waals surface area contributed by atoms with Crippen LogP contribution in [0.4, 0.5) is 8.78 Å². The molecule has 155 valence electrons. The smallest absolute Gasteiger partial charge is 0.150 e. The standard InChI is InChI=1S/C23H27F2NO3/c1-14(20-6-2-15-10-17(24)4-8-21(15)28-20)12-26-13-19(27)23-7-3-16-11-18(25)5-9-22(16)29-23/h4-5,8-11,14,19-20,23,26-27H,2-3,6-7,12-13H2,1H3/q+1/t14-,19-,20?,23+/m0/s1. The fourth-order valence-electron chi connectivity index (χ4n) is 4.15. The molecule has 0 saturated heterocycles. The van der Waals surface area contributed by atoms with Gasteiger partial charge in [0.1, 0.15) is 54.5 Å². The predicted octanol–water partition coefficient (Wildman–Crippen LogP) is 2.40. The van der Waals surface area contributed by atoms with Gasteiger partial charge < -0.3 is 14.6 Å². The maximum Gasteiger partial charge on any atom is 0.150 e. The van der Waals surface area contributed by atoms with E-state index in [1.807, 2.05) is 0 Å². The monoisotopic (exact) mass is 403 g/mol. The third kappa shape index (κ3) is 4.70. The minimum absolute atomic E-state index is 0.0605. The number of hydrogen-bond donors (Lipinski definition) is 2. The summed E-state index contributed by atoms with van der Waals surface area (Å²) in [5.41, 5.74) is 1.77. The van der Waals surface area contributed by atoms with Crippen LogP contribution in [0.5, 0.6) is 11.5 Å². The molecule has 2 aromatic carbocycles. The molecular formula is C23H27F2NO3+. The van der Waals surface area contributed by atoms with Crippen molar-refractivity contribution in [2.24, 2.45) is 5.92 Å². The Bertz CT molecular complexity index is 791. The Hall–Kier alpha value is -2.18. The fraction of sp³-hybridized carbons (Fsp3) is 0.478. The molecule has 0 aliphatic carbocycles.